The average Bonchev–Trinajstić information content (AvgIpc) is 3.25. The van der Waals surface area contributed by atoms with Crippen molar-refractivity contribution < 1.29 is 14.1 Å². The second-order valence-corrected chi connectivity index (χ2v) is 6.34. The Kier molecular flexibility index (Phi) is 5.68. The summed E-state index contributed by atoms with van der Waals surface area (Å²) in [4.78, 5) is 18.8. The van der Waals surface area contributed by atoms with Crippen LogP contribution in [0.25, 0.3) is 0 Å². The van der Waals surface area contributed by atoms with Crippen LogP contribution in [0.1, 0.15) is 55.9 Å². The van der Waals surface area contributed by atoms with Gasteiger partial charge in [0.2, 0.25) is 11.8 Å². The lowest BCUT2D eigenvalue weighted by molar-refractivity contribution is -0.132. The van der Waals surface area contributed by atoms with Crippen molar-refractivity contribution in [3.05, 3.63) is 41.5 Å². The molecule has 0 saturated carbocycles. The smallest absolute Gasteiger partial charge is 0.226 e. The van der Waals surface area contributed by atoms with Gasteiger partial charge in [0.25, 0.3) is 0 Å². The molecule has 1 fully saturated rings. The third-order valence-electron chi connectivity index (χ3n) is 4.50. The van der Waals surface area contributed by atoms with Crippen molar-refractivity contribution in [2.45, 2.75) is 52.0 Å². The molecule has 0 aliphatic carbocycles. The molecule has 1 aromatic heterocycles. The van der Waals surface area contributed by atoms with Crippen LogP contribution in [0.15, 0.2) is 28.8 Å². The fourth-order valence-electron chi connectivity index (χ4n) is 3.34. The molecule has 25 heavy (non-hydrogen) atoms. The van der Waals surface area contributed by atoms with Crippen molar-refractivity contribution in [1.29, 1.82) is 0 Å². The number of nitrogens with zero attached hydrogens (tertiary/aromatic N) is 3. The minimum atomic E-state index is 0.175. The molecule has 1 atom stereocenters. The maximum absolute atomic E-state index is 12.6. The van der Waals surface area contributed by atoms with Gasteiger partial charge in [-0.3, -0.25) is 4.79 Å². The Labute approximate surface area is 148 Å². The van der Waals surface area contributed by atoms with Crippen LogP contribution in [0.2, 0.25) is 0 Å². The van der Waals surface area contributed by atoms with Crippen molar-refractivity contribution >= 4 is 5.91 Å². The molecule has 2 aromatic rings. The normalized spacial score (nSPS) is 17.0. The summed E-state index contributed by atoms with van der Waals surface area (Å²) in [5.41, 5.74) is 1.18. The van der Waals surface area contributed by atoms with Crippen LogP contribution in [0.5, 0.6) is 5.75 Å². The molecule has 6 heteroatoms. The highest BCUT2D eigenvalue weighted by molar-refractivity contribution is 5.77. The van der Waals surface area contributed by atoms with E-state index in [4.69, 9.17) is 9.26 Å². The van der Waals surface area contributed by atoms with E-state index in [2.05, 4.69) is 22.3 Å². The zero-order valence-corrected chi connectivity index (χ0v) is 14.9. The summed E-state index contributed by atoms with van der Waals surface area (Å²) >= 11 is 0. The summed E-state index contributed by atoms with van der Waals surface area (Å²) in [6, 6.07) is 8.29. The summed E-state index contributed by atoms with van der Waals surface area (Å²) in [6.45, 7) is 5.26. The molecular weight excluding hydrogens is 318 g/mol. The van der Waals surface area contributed by atoms with Gasteiger partial charge in [0, 0.05) is 19.4 Å². The van der Waals surface area contributed by atoms with Crippen LogP contribution in [0, 0.1) is 6.92 Å². The van der Waals surface area contributed by atoms with Crippen molar-refractivity contribution in [2.24, 2.45) is 0 Å². The van der Waals surface area contributed by atoms with Crippen LogP contribution in [-0.4, -0.2) is 34.1 Å². The molecule has 2 heterocycles. The Morgan fingerprint density at radius 3 is 2.84 bits per heavy atom. The quantitative estimate of drug-likeness (QED) is 0.770. The second-order valence-electron chi connectivity index (χ2n) is 6.34. The molecule has 1 aromatic carbocycles. The molecule has 1 unspecified atom stereocenters. The van der Waals surface area contributed by atoms with Gasteiger partial charge in [0.1, 0.15) is 5.75 Å². The van der Waals surface area contributed by atoms with Crippen molar-refractivity contribution in [2.75, 3.05) is 13.2 Å². The fourth-order valence-corrected chi connectivity index (χ4v) is 3.34. The third kappa shape index (κ3) is 4.38. The Hall–Kier alpha value is -2.37. The van der Waals surface area contributed by atoms with Gasteiger partial charge in [0.15, 0.2) is 5.82 Å². The van der Waals surface area contributed by atoms with Crippen LogP contribution in [-0.2, 0) is 11.2 Å². The SMILES string of the molecule is CCOc1ccc(C2CCCN2C(=O)CCCc2nc(C)no2)cc1. The molecule has 1 amide bonds. The fraction of sp³-hybridized carbons (Fsp3) is 0.526. The minimum Gasteiger partial charge on any atom is -0.494 e. The number of hydrogen-bond acceptors (Lipinski definition) is 5. The molecule has 0 spiro atoms. The molecule has 134 valence electrons. The van der Waals surface area contributed by atoms with E-state index in [1.807, 2.05) is 24.0 Å². The van der Waals surface area contributed by atoms with Gasteiger partial charge in [-0.1, -0.05) is 17.3 Å². The predicted octanol–water partition coefficient (Wildman–Crippen LogP) is 3.46. The van der Waals surface area contributed by atoms with Crippen molar-refractivity contribution in [3.63, 3.8) is 0 Å². The van der Waals surface area contributed by atoms with E-state index in [-0.39, 0.29) is 11.9 Å². The Morgan fingerprint density at radius 2 is 2.16 bits per heavy atom. The molecule has 0 radical (unpaired) electrons. The first-order valence-corrected chi connectivity index (χ1v) is 8.98. The van der Waals surface area contributed by atoms with E-state index in [9.17, 15) is 4.79 Å². The number of hydrogen-bond donors (Lipinski definition) is 0. The van der Waals surface area contributed by atoms with E-state index in [0.717, 1.165) is 31.6 Å². The molecule has 0 N–H and O–H groups in total. The van der Waals surface area contributed by atoms with Gasteiger partial charge in [-0.05, 0) is 50.8 Å². The van der Waals surface area contributed by atoms with Gasteiger partial charge in [-0.2, -0.15) is 4.98 Å². The maximum atomic E-state index is 12.6. The standard InChI is InChI=1S/C19H25N3O3/c1-3-24-16-11-9-15(10-12-16)17-6-5-13-22(17)19(23)8-4-7-18-20-14(2)21-25-18/h9-12,17H,3-8,13H2,1-2H3. The number of carbonyl (C=O) groups is 1. The van der Waals surface area contributed by atoms with E-state index >= 15 is 0 Å². The highest BCUT2D eigenvalue weighted by Crippen LogP contribution is 2.33. The summed E-state index contributed by atoms with van der Waals surface area (Å²) in [5, 5.41) is 3.77. The number of amides is 1. The number of ether oxygens (including phenoxy) is 1. The maximum Gasteiger partial charge on any atom is 0.226 e. The van der Waals surface area contributed by atoms with E-state index in [1.54, 1.807) is 6.92 Å². The van der Waals surface area contributed by atoms with E-state index < -0.39 is 0 Å². The lowest BCUT2D eigenvalue weighted by atomic mass is 10.0. The number of likely N-dealkylation sites (tertiary alicyclic amines) is 1. The molecule has 6 nitrogen and oxygen atoms in total. The van der Waals surface area contributed by atoms with Gasteiger partial charge in [0.05, 0.1) is 12.6 Å². The lowest BCUT2D eigenvalue weighted by Crippen LogP contribution is -2.30. The van der Waals surface area contributed by atoms with Gasteiger partial charge in [-0.15, -0.1) is 0 Å². The summed E-state index contributed by atoms with van der Waals surface area (Å²) < 4.78 is 10.6. The van der Waals surface area contributed by atoms with Crippen LogP contribution >= 0.6 is 0 Å². The van der Waals surface area contributed by atoms with Gasteiger partial charge in [-0.25, -0.2) is 0 Å². The van der Waals surface area contributed by atoms with E-state index in [1.165, 1.54) is 5.56 Å². The van der Waals surface area contributed by atoms with Crippen LogP contribution in [0.4, 0.5) is 0 Å². The first kappa shape index (κ1) is 17.5. The number of aryl methyl sites for hydroxylation is 2. The first-order chi connectivity index (χ1) is 12.2. The monoisotopic (exact) mass is 343 g/mol. The molecule has 1 aliphatic rings. The summed E-state index contributed by atoms with van der Waals surface area (Å²) in [5.74, 6) is 2.32. The Bertz CT molecular complexity index is 696. The summed E-state index contributed by atoms with van der Waals surface area (Å²) in [7, 11) is 0. The Morgan fingerprint density at radius 1 is 1.36 bits per heavy atom. The first-order valence-electron chi connectivity index (χ1n) is 8.98. The zero-order valence-electron chi connectivity index (χ0n) is 14.9. The van der Waals surface area contributed by atoms with Crippen molar-refractivity contribution in [3.8, 4) is 5.75 Å². The molecule has 1 aliphatic heterocycles. The second kappa shape index (κ2) is 8.14. The number of carbonyl (C=O) groups excluding carboxylic acids is 1. The topological polar surface area (TPSA) is 68.5 Å². The highest BCUT2D eigenvalue weighted by Gasteiger charge is 2.29. The zero-order chi connectivity index (χ0) is 17.6. The third-order valence-corrected chi connectivity index (χ3v) is 4.50. The minimum absolute atomic E-state index is 0.175. The van der Waals surface area contributed by atoms with E-state index in [0.29, 0.717) is 31.2 Å². The van der Waals surface area contributed by atoms with Gasteiger partial charge >= 0.3 is 0 Å². The molecule has 1 saturated heterocycles. The Balaban J connectivity index is 1.55. The van der Waals surface area contributed by atoms with Crippen molar-refractivity contribution in [1.82, 2.24) is 15.0 Å². The highest BCUT2D eigenvalue weighted by atomic mass is 16.5. The predicted molar refractivity (Wildman–Crippen MR) is 93.3 cm³/mol. The van der Waals surface area contributed by atoms with Gasteiger partial charge < -0.3 is 14.2 Å². The molecule has 0 bridgehead atoms. The van der Waals surface area contributed by atoms with Crippen LogP contribution < -0.4 is 4.74 Å². The average molecular weight is 343 g/mol. The number of rotatable bonds is 7. The summed E-state index contributed by atoms with van der Waals surface area (Å²) in [6.07, 6.45) is 3.95. The molecule has 3 rings (SSSR count). The number of benzene rings is 1. The largest absolute Gasteiger partial charge is 0.494 e. The molecular formula is C19H25N3O3. The van der Waals surface area contributed by atoms with Crippen LogP contribution in [0.3, 0.4) is 0 Å². The lowest BCUT2D eigenvalue weighted by Gasteiger charge is -2.25. The number of aromatic nitrogens is 2.